The second-order valence-electron chi connectivity index (χ2n) is 12.5. The van der Waals surface area contributed by atoms with Crippen LogP contribution in [0.5, 0.6) is 5.75 Å². The van der Waals surface area contributed by atoms with Gasteiger partial charge in [-0.05, 0) is 74.0 Å². The molecule has 15 heteroatoms. The summed E-state index contributed by atoms with van der Waals surface area (Å²) in [6.45, 7) is 3.43. The molecule has 1 saturated heterocycles. The average Bonchev–Trinajstić information content (AvgIpc) is 3.73. The third-order valence-electron chi connectivity index (χ3n) is 9.20. The lowest BCUT2D eigenvalue weighted by molar-refractivity contribution is -0.325. The van der Waals surface area contributed by atoms with Gasteiger partial charge in [0.15, 0.2) is 0 Å². The molecular formula is C36H40F4N8O3. The van der Waals surface area contributed by atoms with Crippen molar-refractivity contribution < 1.29 is 31.8 Å². The zero-order chi connectivity index (χ0) is 36.0. The third kappa shape index (κ3) is 8.83. The first-order chi connectivity index (χ1) is 24.6. The standard InChI is InChI=1S/C36H40F4N8O3/c1-45(34(49)29-22-26(10-13-33(29)50-2)31-23-41-44-43-31)24-27(25-8-11-28(37)12-9-25)14-17-46-15-5-16-47(19-18-46)35-42-30-6-3-4-7-32(30)48(35)20-21-51-36(38,39)40/h3-4,6-13,22-23,27H,5,14-21,24H2,1-2H3,(H,41,43,44). The highest BCUT2D eigenvalue weighted by molar-refractivity contribution is 5.98. The molecule has 1 N–H and O–H groups in total. The summed E-state index contributed by atoms with van der Waals surface area (Å²) >= 11 is 0. The third-order valence-corrected chi connectivity index (χ3v) is 9.20. The van der Waals surface area contributed by atoms with Crippen molar-refractivity contribution in [1.29, 1.82) is 0 Å². The van der Waals surface area contributed by atoms with Gasteiger partial charge in [0.25, 0.3) is 5.91 Å². The van der Waals surface area contributed by atoms with Crippen molar-refractivity contribution in [2.75, 3.05) is 64.9 Å². The molecule has 270 valence electrons. The molecule has 0 spiro atoms. The van der Waals surface area contributed by atoms with E-state index in [0.29, 0.717) is 61.1 Å². The molecule has 5 aromatic rings. The molecule has 1 fully saturated rings. The van der Waals surface area contributed by atoms with Crippen LogP contribution in [0.2, 0.25) is 0 Å². The fourth-order valence-corrected chi connectivity index (χ4v) is 6.60. The number of aromatic nitrogens is 5. The summed E-state index contributed by atoms with van der Waals surface area (Å²) in [5.41, 5.74) is 4.10. The predicted octanol–water partition coefficient (Wildman–Crippen LogP) is 5.96. The van der Waals surface area contributed by atoms with Crippen LogP contribution >= 0.6 is 0 Å². The fraction of sp³-hybridized carbons (Fsp3) is 0.389. The van der Waals surface area contributed by atoms with Gasteiger partial charge < -0.3 is 24.0 Å². The quantitative estimate of drug-likeness (QED) is 0.150. The van der Waals surface area contributed by atoms with E-state index >= 15 is 0 Å². The van der Waals surface area contributed by atoms with Crippen molar-refractivity contribution in [2.45, 2.75) is 31.7 Å². The van der Waals surface area contributed by atoms with Gasteiger partial charge in [-0.25, -0.2) is 9.37 Å². The second kappa shape index (κ2) is 15.9. The molecule has 3 aromatic carbocycles. The Morgan fingerprint density at radius 2 is 1.82 bits per heavy atom. The van der Waals surface area contributed by atoms with Crippen molar-refractivity contribution in [3.63, 3.8) is 0 Å². The van der Waals surface area contributed by atoms with Crippen LogP contribution in [0, 0.1) is 5.82 Å². The van der Waals surface area contributed by atoms with Crippen molar-refractivity contribution in [3.8, 4) is 17.0 Å². The highest BCUT2D eigenvalue weighted by Crippen LogP contribution is 2.29. The number of para-hydroxylation sites is 2. The minimum atomic E-state index is -4.70. The number of H-pyrrole nitrogens is 1. The summed E-state index contributed by atoms with van der Waals surface area (Å²) in [5.74, 6) is 0.406. The maximum atomic E-state index is 13.9. The van der Waals surface area contributed by atoms with E-state index in [-0.39, 0.29) is 24.2 Å². The largest absolute Gasteiger partial charge is 0.522 e. The number of fused-ring (bicyclic) bond motifs is 1. The smallest absolute Gasteiger partial charge is 0.496 e. The topological polar surface area (TPSA) is 105 Å². The summed E-state index contributed by atoms with van der Waals surface area (Å²) in [4.78, 5) is 24.8. The molecule has 1 amide bonds. The lowest BCUT2D eigenvalue weighted by Gasteiger charge is -2.28. The summed E-state index contributed by atoms with van der Waals surface area (Å²) in [5, 5.41) is 10.6. The molecule has 0 aliphatic carbocycles. The molecule has 11 nitrogen and oxygen atoms in total. The van der Waals surface area contributed by atoms with Gasteiger partial charge in [0.05, 0.1) is 36.5 Å². The number of amides is 1. The van der Waals surface area contributed by atoms with Crippen LogP contribution in [0.1, 0.15) is 34.7 Å². The Bertz CT molecular complexity index is 1900. The van der Waals surface area contributed by atoms with Gasteiger partial charge in [0, 0.05) is 51.3 Å². The minimum Gasteiger partial charge on any atom is -0.496 e. The molecule has 0 saturated carbocycles. The van der Waals surface area contributed by atoms with E-state index < -0.39 is 13.0 Å². The van der Waals surface area contributed by atoms with Crippen LogP contribution in [0.3, 0.4) is 0 Å². The number of nitrogens with zero attached hydrogens (tertiary/aromatic N) is 7. The number of alkyl halides is 3. The maximum absolute atomic E-state index is 13.9. The zero-order valence-corrected chi connectivity index (χ0v) is 28.4. The Morgan fingerprint density at radius 1 is 1.02 bits per heavy atom. The molecular weight excluding hydrogens is 668 g/mol. The van der Waals surface area contributed by atoms with Crippen molar-refractivity contribution in [1.82, 2.24) is 34.8 Å². The van der Waals surface area contributed by atoms with Gasteiger partial charge in [-0.3, -0.25) is 9.53 Å². The Balaban J connectivity index is 1.14. The number of rotatable bonds is 13. The van der Waals surface area contributed by atoms with Crippen LogP contribution in [0.15, 0.2) is 72.9 Å². The molecule has 0 radical (unpaired) electrons. The molecule has 6 rings (SSSR count). The van der Waals surface area contributed by atoms with Gasteiger partial charge in [0.1, 0.15) is 17.3 Å². The van der Waals surface area contributed by atoms with Crippen molar-refractivity contribution in [3.05, 3.63) is 89.9 Å². The Labute approximate surface area is 292 Å². The highest BCUT2D eigenvalue weighted by atomic mass is 19.4. The average molecular weight is 709 g/mol. The molecule has 1 aliphatic heterocycles. The van der Waals surface area contributed by atoms with Gasteiger partial charge in [-0.15, -0.1) is 13.2 Å². The summed E-state index contributed by atoms with van der Waals surface area (Å²) in [6.07, 6.45) is -1.60. The van der Waals surface area contributed by atoms with E-state index in [9.17, 15) is 22.4 Å². The number of imidazole rings is 1. The number of aromatic amines is 1. The SMILES string of the molecule is COc1ccc(-c2cn[nH]n2)cc1C(=O)N(C)CC(CCN1CCCN(c2nc3ccccc3n2CCOC(F)(F)F)CC1)c1ccc(F)cc1. The van der Waals surface area contributed by atoms with E-state index in [1.165, 1.54) is 19.2 Å². The van der Waals surface area contributed by atoms with Gasteiger partial charge >= 0.3 is 6.36 Å². The first-order valence-corrected chi connectivity index (χ1v) is 16.8. The monoisotopic (exact) mass is 708 g/mol. The number of benzene rings is 3. The van der Waals surface area contributed by atoms with Crippen LogP contribution in [0.25, 0.3) is 22.3 Å². The lowest BCUT2D eigenvalue weighted by atomic mass is 9.94. The predicted molar refractivity (Wildman–Crippen MR) is 184 cm³/mol. The summed E-state index contributed by atoms with van der Waals surface area (Å²) < 4.78 is 63.7. The molecule has 1 atom stereocenters. The van der Waals surface area contributed by atoms with Gasteiger partial charge in [-0.2, -0.15) is 15.4 Å². The van der Waals surface area contributed by atoms with Gasteiger partial charge in [0.2, 0.25) is 5.95 Å². The Kier molecular flexibility index (Phi) is 11.2. The van der Waals surface area contributed by atoms with Crippen LogP contribution in [-0.4, -0.2) is 107 Å². The van der Waals surface area contributed by atoms with E-state index in [4.69, 9.17) is 9.72 Å². The van der Waals surface area contributed by atoms with Crippen molar-refractivity contribution in [2.24, 2.45) is 0 Å². The summed E-state index contributed by atoms with van der Waals surface area (Å²) in [7, 11) is 3.26. The van der Waals surface area contributed by atoms with Crippen LogP contribution < -0.4 is 9.64 Å². The van der Waals surface area contributed by atoms with E-state index in [2.05, 4.69) is 29.9 Å². The zero-order valence-electron chi connectivity index (χ0n) is 28.4. The number of ether oxygens (including phenoxy) is 2. The molecule has 1 unspecified atom stereocenters. The number of anilines is 1. The number of carbonyl (C=O) groups is 1. The van der Waals surface area contributed by atoms with Crippen LogP contribution in [-0.2, 0) is 11.3 Å². The number of methoxy groups -OCH3 is 1. The minimum absolute atomic E-state index is 0.0115. The first kappa shape index (κ1) is 35.8. The number of hydrogen-bond acceptors (Lipinski definition) is 8. The van der Waals surface area contributed by atoms with E-state index in [0.717, 1.165) is 36.2 Å². The normalized spacial score (nSPS) is 14.8. The van der Waals surface area contributed by atoms with Gasteiger partial charge in [-0.1, -0.05) is 24.3 Å². The number of carbonyl (C=O) groups excluding carboxylic acids is 1. The number of hydrogen-bond donors (Lipinski definition) is 1. The fourth-order valence-electron chi connectivity index (χ4n) is 6.60. The second-order valence-corrected chi connectivity index (χ2v) is 12.5. The van der Waals surface area contributed by atoms with E-state index in [1.54, 1.807) is 47.0 Å². The lowest BCUT2D eigenvalue weighted by Crippen LogP contribution is -2.35. The molecule has 3 heterocycles. The maximum Gasteiger partial charge on any atom is 0.522 e. The first-order valence-electron chi connectivity index (χ1n) is 16.8. The Hall–Kier alpha value is -5.02. The molecule has 2 aromatic heterocycles. The number of nitrogens with one attached hydrogen (secondary N) is 1. The molecule has 51 heavy (non-hydrogen) atoms. The Morgan fingerprint density at radius 3 is 2.57 bits per heavy atom. The molecule has 0 bridgehead atoms. The van der Waals surface area contributed by atoms with Crippen molar-refractivity contribution >= 4 is 22.9 Å². The highest BCUT2D eigenvalue weighted by Gasteiger charge is 2.30. The van der Waals surface area contributed by atoms with Crippen LogP contribution in [0.4, 0.5) is 23.5 Å². The van der Waals surface area contributed by atoms with E-state index in [1.807, 2.05) is 30.3 Å². The number of likely N-dealkylation sites (N-methyl/N-ethyl adjacent to an activating group) is 1. The summed E-state index contributed by atoms with van der Waals surface area (Å²) in [6, 6.07) is 19.1. The molecule has 1 aliphatic rings. The number of halogens is 4.